The molecule has 0 heterocycles. The molecule has 0 saturated carbocycles. The highest BCUT2D eigenvalue weighted by Crippen LogP contribution is 2.25. The molecule has 1 unspecified atom stereocenters. The van der Waals surface area contributed by atoms with Crippen LogP contribution in [-0.2, 0) is 6.42 Å². The first-order valence-corrected chi connectivity index (χ1v) is 7.64. The van der Waals surface area contributed by atoms with Crippen molar-refractivity contribution in [2.45, 2.75) is 26.3 Å². The van der Waals surface area contributed by atoms with E-state index < -0.39 is 0 Å². The Labute approximate surface area is 128 Å². The normalized spacial score (nSPS) is 12.6. The van der Waals surface area contributed by atoms with E-state index in [0.29, 0.717) is 6.54 Å². The number of hydrogen-bond acceptors (Lipinski definition) is 2. The molecule has 112 valence electrons. The van der Waals surface area contributed by atoms with Crippen molar-refractivity contribution in [3.63, 3.8) is 0 Å². The summed E-state index contributed by atoms with van der Waals surface area (Å²) in [5.74, 6) is 0. The maximum atomic E-state index is 6.07. The van der Waals surface area contributed by atoms with Crippen LogP contribution in [0.3, 0.4) is 0 Å². The van der Waals surface area contributed by atoms with Crippen LogP contribution >= 0.6 is 0 Å². The van der Waals surface area contributed by atoms with Crippen molar-refractivity contribution in [3.8, 4) is 0 Å². The maximum Gasteiger partial charge on any atom is 0.0472 e. The maximum absolute atomic E-state index is 6.07. The van der Waals surface area contributed by atoms with Gasteiger partial charge in [0.05, 0.1) is 0 Å². The first kappa shape index (κ1) is 15.7. The van der Waals surface area contributed by atoms with Gasteiger partial charge in [-0.25, -0.2) is 0 Å². The van der Waals surface area contributed by atoms with E-state index in [1.165, 1.54) is 22.3 Å². The topological polar surface area (TPSA) is 29.3 Å². The Balaban J connectivity index is 2.10. The minimum Gasteiger partial charge on any atom is -0.329 e. The average molecular weight is 282 g/mol. The largest absolute Gasteiger partial charge is 0.329 e. The fourth-order valence-corrected chi connectivity index (χ4v) is 2.98. The highest BCUT2D eigenvalue weighted by molar-refractivity contribution is 5.36. The summed E-state index contributed by atoms with van der Waals surface area (Å²) >= 11 is 0. The van der Waals surface area contributed by atoms with Gasteiger partial charge in [0.1, 0.15) is 0 Å². The SMILES string of the molecule is Cc1cccc(C)c1C(CN)N(C)CCc1ccccc1. The number of likely N-dealkylation sites (N-methyl/N-ethyl adjacent to an activating group) is 1. The molecule has 2 N–H and O–H groups in total. The zero-order valence-corrected chi connectivity index (χ0v) is 13.3. The first-order valence-electron chi connectivity index (χ1n) is 7.64. The second kappa shape index (κ2) is 7.39. The second-order valence-electron chi connectivity index (χ2n) is 5.77. The lowest BCUT2D eigenvalue weighted by Gasteiger charge is -2.30. The average Bonchev–Trinajstić information content (AvgIpc) is 2.50. The van der Waals surface area contributed by atoms with E-state index in [2.05, 4.69) is 74.3 Å². The van der Waals surface area contributed by atoms with Crippen LogP contribution in [-0.4, -0.2) is 25.0 Å². The summed E-state index contributed by atoms with van der Waals surface area (Å²) < 4.78 is 0. The highest BCUT2D eigenvalue weighted by atomic mass is 15.1. The predicted octanol–water partition coefficient (Wildman–Crippen LogP) is 3.48. The van der Waals surface area contributed by atoms with Crippen molar-refractivity contribution < 1.29 is 0 Å². The van der Waals surface area contributed by atoms with Crippen LogP contribution in [0, 0.1) is 13.8 Å². The second-order valence-corrected chi connectivity index (χ2v) is 5.77. The summed E-state index contributed by atoms with van der Waals surface area (Å²) in [7, 11) is 2.17. The lowest BCUT2D eigenvalue weighted by Crippen LogP contribution is -2.33. The number of nitrogens with zero attached hydrogens (tertiary/aromatic N) is 1. The van der Waals surface area contributed by atoms with E-state index >= 15 is 0 Å². The van der Waals surface area contributed by atoms with Gasteiger partial charge >= 0.3 is 0 Å². The Morgan fingerprint density at radius 2 is 1.57 bits per heavy atom. The Kier molecular flexibility index (Phi) is 5.54. The third kappa shape index (κ3) is 3.93. The zero-order chi connectivity index (χ0) is 15.2. The molecule has 0 saturated heterocycles. The van der Waals surface area contributed by atoms with Gasteiger partial charge in [-0.1, -0.05) is 48.5 Å². The molecule has 1 atom stereocenters. The Bertz CT molecular complexity index is 543. The van der Waals surface area contributed by atoms with Gasteiger partial charge in [0, 0.05) is 19.1 Å². The monoisotopic (exact) mass is 282 g/mol. The van der Waals surface area contributed by atoms with Crippen molar-refractivity contribution in [1.82, 2.24) is 4.90 Å². The van der Waals surface area contributed by atoms with E-state index in [9.17, 15) is 0 Å². The van der Waals surface area contributed by atoms with Gasteiger partial charge in [-0.2, -0.15) is 0 Å². The molecule has 0 aromatic heterocycles. The predicted molar refractivity (Wildman–Crippen MR) is 90.5 cm³/mol. The third-order valence-corrected chi connectivity index (χ3v) is 4.23. The number of nitrogens with two attached hydrogens (primary N) is 1. The van der Waals surface area contributed by atoms with Crippen molar-refractivity contribution >= 4 is 0 Å². The van der Waals surface area contributed by atoms with Crippen LogP contribution in [0.4, 0.5) is 0 Å². The van der Waals surface area contributed by atoms with E-state index in [-0.39, 0.29) is 6.04 Å². The van der Waals surface area contributed by atoms with Gasteiger partial charge in [-0.3, -0.25) is 4.90 Å². The molecule has 2 nitrogen and oxygen atoms in total. The molecule has 0 bridgehead atoms. The summed E-state index contributed by atoms with van der Waals surface area (Å²) in [6.45, 7) is 6.02. The molecule has 0 aliphatic carbocycles. The molecule has 2 aromatic rings. The van der Waals surface area contributed by atoms with E-state index in [1.54, 1.807) is 0 Å². The quantitative estimate of drug-likeness (QED) is 0.879. The van der Waals surface area contributed by atoms with E-state index in [0.717, 1.165) is 13.0 Å². The Morgan fingerprint density at radius 3 is 2.14 bits per heavy atom. The minimum absolute atomic E-state index is 0.287. The number of rotatable bonds is 6. The zero-order valence-electron chi connectivity index (χ0n) is 13.3. The lowest BCUT2D eigenvalue weighted by atomic mass is 9.95. The molecular formula is C19H26N2. The lowest BCUT2D eigenvalue weighted by molar-refractivity contribution is 0.252. The van der Waals surface area contributed by atoms with E-state index in [1.807, 2.05) is 0 Å². The van der Waals surface area contributed by atoms with Crippen LogP contribution in [0.15, 0.2) is 48.5 Å². The van der Waals surface area contributed by atoms with Crippen LogP contribution in [0.5, 0.6) is 0 Å². The number of hydrogen-bond donors (Lipinski definition) is 1. The van der Waals surface area contributed by atoms with Crippen LogP contribution in [0.25, 0.3) is 0 Å². The highest BCUT2D eigenvalue weighted by Gasteiger charge is 2.18. The fraction of sp³-hybridized carbons (Fsp3) is 0.368. The molecule has 0 spiro atoms. The first-order chi connectivity index (χ1) is 10.1. The number of benzene rings is 2. The molecule has 2 heteroatoms. The van der Waals surface area contributed by atoms with Gasteiger partial charge in [-0.05, 0) is 49.6 Å². The molecule has 21 heavy (non-hydrogen) atoms. The van der Waals surface area contributed by atoms with Crippen molar-refractivity contribution in [2.75, 3.05) is 20.1 Å². The molecule has 0 aliphatic heterocycles. The molecule has 2 aromatic carbocycles. The summed E-state index contributed by atoms with van der Waals surface area (Å²) in [4.78, 5) is 2.38. The third-order valence-electron chi connectivity index (χ3n) is 4.23. The van der Waals surface area contributed by atoms with Crippen LogP contribution in [0.2, 0.25) is 0 Å². The van der Waals surface area contributed by atoms with Crippen molar-refractivity contribution in [2.24, 2.45) is 5.73 Å². The van der Waals surface area contributed by atoms with Gasteiger partial charge < -0.3 is 5.73 Å². The van der Waals surface area contributed by atoms with Gasteiger partial charge in [-0.15, -0.1) is 0 Å². The van der Waals surface area contributed by atoms with Gasteiger partial charge in [0.15, 0.2) is 0 Å². The van der Waals surface area contributed by atoms with Gasteiger partial charge in [0.25, 0.3) is 0 Å². The minimum atomic E-state index is 0.287. The number of aryl methyl sites for hydroxylation is 2. The summed E-state index contributed by atoms with van der Waals surface area (Å²) in [6.07, 6.45) is 1.05. The summed E-state index contributed by atoms with van der Waals surface area (Å²) in [6, 6.07) is 17.4. The standard InChI is InChI=1S/C19H26N2/c1-15-8-7-9-16(2)19(15)18(14-20)21(3)13-12-17-10-5-4-6-11-17/h4-11,18H,12-14,20H2,1-3H3. The molecule has 0 fully saturated rings. The molecule has 0 radical (unpaired) electrons. The van der Waals surface area contributed by atoms with Crippen molar-refractivity contribution in [3.05, 3.63) is 70.8 Å². The van der Waals surface area contributed by atoms with E-state index in [4.69, 9.17) is 5.73 Å². The Hall–Kier alpha value is -1.64. The summed E-state index contributed by atoms with van der Waals surface area (Å²) in [5.41, 5.74) is 11.5. The molecular weight excluding hydrogens is 256 g/mol. The smallest absolute Gasteiger partial charge is 0.0472 e. The fourth-order valence-electron chi connectivity index (χ4n) is 2.98. The van der Waals surface area contributed by atoms with Gasteiger partial charge in [0.2, 0.25) is 0 Å². The van der Waals surface area contributed by atoms with Crippen LogP contribution in [0.1, 0.15) is 28.3 Å². The van der Waals surface area contributed by atoms with Crippen molar-refractivity contribution in [1.29, 1.82) is 0 Å². The summed E-state index contributed by atoms with van der Waals surface area (Å²) in [5, 5.41) is 0. The molecule has 2 rings (SSSR count). The Morgan fingerprint density at radius 1 is 0.952 bits per heavy atom. The van der Waals surface area contributed by atoms with Crippen LogP contribution < -0.4 is 5.73 Å². The molecule has 0 amide bonds. The molecule has 0 aliphatic rings.